The first-order chi connectivity index (χ1) is 15.7. The summed E-state index contributed by atoms with van der Waals surface area (Å²) in [6.45, 7) is 6.79. The van der Waals surface area contributed by atoms with Crippen molar-refractivity contribution in [1.82, 2.24) is 16.0 Å². The summed E-state index contributed by atoms with van der Waals surface area (Å²) in [6.07, 6.45) is -0.255. The fourth-order valence-electron chi connectivity index (χ4n) is 2.93. The van der Waals surface area contributed by atoms with Crippen LogP contribution in [0.3, 0.4) is 0 Å². The Kier molecular flexibility index (Phi) is 13.4. The molecule has 0 aliphatic heterocycles. The van der Waals surface area contributed by atoms with Gasteiger partial charge in [0.2, 0.25) is 29.5 Å². The Labute approximate surface area is 198 Å². The number of amides is 5. The molecule has 0 spiro atoms. The maximum Gasteiger partial charge on any atom is 0.326 e. The molecule has 5 unspecified atom stereocenters. The van der Waals surface area contributed by atoms with E-state index in [-0.39, 0.29) is 31.6 Å². The Morgan fingerprint density at radius 1 is 0.765 bits per heavy atom. The maximum absolute atomic E-state index is 12.9. The van der Waals surface area contributed by atoms with E-state index >= 15 is 0 Å². The Bertz CT molecular complexity index is 758. The smallest absolute Gasteiger partial charge is 0.326 e. The number of carbonyl (C=O) groups excluding carboxylic acids is 5. The SMILES string of the molecule is CCC(C)C(N)C(=O)NC(CCC(N)=O)C(=O)NC(CCC(N)=O)C(=O)NC(C(=O)O)C(C)C. The fourth-order valence-corrected chi connectivity index (χ4v) is 2.93. The molecule has 0 aromatic rings. The zero-order chi connectivity index (χ0) is 26.6. The molecular formula is C21H38N6O7. The Morgan fingerprint density at radius 2 is 1.18 bits per heavy atom. The average Bonchev–Trinajstić information content (AvgIpc) is 2.75. The van der Waals surface area contributed by atoms with Crippen molar-refractivity contribution in [2.75, 3.05) is 0 Å². The van der Waals surface area contributed by atoms with Crippen LogP contribution in [-0.2, 0) is 28.8 Å². The Morgan fingerprint density at radius 3 is 1.53 bits per heavy atom. The summed E-state index contributed by atoms with van der Waals surface area (Å²) < 4.78 is 0. The average molecular weight is 487 g/mol. The van der Waals surface area contributed by atoms with E-state index in [9.17, 15) is 33.9 Å². The topological polar surface area (TPSA) is 237 Å². The number of aliphatic carboxylic acids is 1. The lowest BCUT2D eigenvalue weighted by Gasteiger charge is -2.26. The van der Waals surface area contributed by atoms with Gasteiger partial charge in [-0.05, 0) is 24.7 Å². The molecule has 5 amide bonds. The highest BCUT2D eigenvalue weighted by atomic mass is 16.4. The zero-order valence-corrected chi connectivity index (χ0v) is 20.1. The van der Waals surface area contributed by atoms with Crippen molar-refractivity contribution in [3.05, 3.63) is 0 Å². The number of hydrogen-bond acceptors (Lipinski definition) is 7. The van der Waals surface area contributed by atoms with Gasteiger partial charge < -0.3 is 38.3 Å². The highest BCUT2D eigenvalue weighted by Gasteiger charge is 2.32. The minimum absolute atomic E-state index is 0.159. The molecule has 34 heavy (non-hydrogen) atoms. The lowest BCUT2D eigenvalue weighted by atomic mass is 9.98. The lowest BCUT2D eigenvalue weighted by Crippen LogP contribution is -2.58. The van der Waals surface area contributed by atoms with Crippen LogP contribution in [-0.4, -0.2) is 64.8 Å². The molecule has 0 bridgehead atoms. The molecule has 13 heteroatoms. The highest BCUT2D eigenvalue weighted by molar-refractivity contribution is 5.94. The highest BCUT2D eigenvalue weighted by Crippen LogP contribution is 2.09. The van der Waals surface area contributed by atoms with Crippen molar-refractivity contribution >= 4 is 35.5 Å². The van der Waals surface area contributed by atoms with Gasteiger partial charge in [0, 0.05) is 12.8 Å². The summed E-state index contributed by atoms with van der Waals surface area (Å²) in [7, 11) is 0. The van der Waals surface area contributed by atoms with Gasteiger partial charge in [-0.1, -0.05) is 34.1 Å². The summed E-state index contributed by atoms with van der Waals surface area (Å²) in [4.78, 5) is 72.1. The summed E-state index contributed by atoms with van der Waals surface area (Å²) >= 11 is 0. The first-order valence-corrected chi connectivity index (χ1v) is 11.2. The van der Waals surface area contributed by atoms with E-state index in [1.165, 1.54) is 0 Å². The van der Waals surface area contributed by atoms with Gasteiger partial charge in [0.1, 0.15) is 18.1 Å². The van der Waals surface area contributed by atoms with Gasteiger partial charge in [0.25, 0.3) is 0 Å². The third-order valence-electron chi connectivity index (χ3n) is 5.42. The number of primary amides is 2. The summed E-state index contributed by atoms with van der Waals surface area (Å²) in [5.74, 6) is -5.64. The predicted octanol–water partition coefficient (Wildman–Crippen LogP) is -1.91. The Hall–Kier alpha value is -3.22. The van der Waals surface area contributed by atoms with Crippen molar-refractivity contribution in [3.63, 3.8) is 0 Å². The van der Waals surface area contributed by atoms with Crippen molar-refractivity contribution in [3.8, 4) is 0 Å². The van der Waals surface area contributed by atoms with Crippen LogP contribution in [0.5, 0.6) is 0 Å². The quantitative estimate of drug-likeness (QED) is 0.129. The van der Waals surface area contributed by atoms with Crippen LogP contribution in [0.25, 0.3) is 0 Å². The molecule has 0 aromatic carbocycles. The van der Waals surface area contributed by atoms with E-state index in [2.05, 4.69) is 16.0 Å². The van der Waals surface area contributed by atoms with Gasteiger partial charge in [0.15, 0.2) is 0 Å². The van der Waals surface area contributed by atoms with E-state index in [4.69, 9.17) is 17.2 Å². The molecule has 0 saturated heterocycles. The summed E-state index contributed by atoms with van der Waals surface area (Å²) in [6, 6.07) is -4.72. The number of hydrogen-bond donors (Lipinski definition) is 7. The second-order valence-electron chi connectivity index (χ2n) is 8.61. The number of nitrogens with two attached hydrogens (primary N) is 3. The molecule has 0 radical (unpaired) electrons. The molecule has 0 saturated carbocycles. The van der Waals surface area contributed by atoms with Gasteiger partial charge in [-0.2, -0.15) is 0 Å². The van der Waals surface area contributed by atoms with Crippen molar-refractivity contribution in [2.45, 2.75) is 84.0 Å². The molecule has 0 aliphatic rings. The van der Waals surface area contributed by atoms with Gasteiger partial charge in [0.05, 0.1) is 6.04 Å². The third-order valence-corrected chi connectivity index (χ3v) is 5.42. The van der Waals surface area contributed by atoms with E-state index in [0.29, 0.717) is 6.42 Å². The number of carbonyl (C=O) groups is 6. The summed E-state index contributed by atoms with van der Waals surface area (Å²) in [5, 5.41) is 16.5. The zero-order valence-electron chi connectivity index (χ0n) is 20.1. The first kappa shape index (κ1) is 30.8. The molecule has 194 valence electrons. The van der Waals surface area contributed by atoms with Gasteiger partial charge in [-0.3, -0.25) is 24.0 Å². The number of nitrogens with one attached hydrogen (secondary N) is 3. The van der Waals surface area contributed by atoms with E-state index in [1.807, 2.05) is 6.92 Å². The second kappa shape index (κ2) is 14.8. The second-order valence-corrected chi connectivity index (χ2v) is 8.61. The van der Waals surface area contributed by atoms with Gasteiger partial charge in [-0.25, -0.2) is 4.79 Å². The van der Waals surface area contributed by atoms with E-state index in [1.54, 1.807) is 20.8 Å². The van der Waals surface area contributed by atoms with Crippen LogP contribution in [0.2, 0.25) is 0 Å². The standard InChI is InChI=1S/C21H38N6O7/c1-5-11(4)16(24)20(32)26-12(6-8-14(22)28)18(30)25-13(7-9-15(23)29)19(31)27-17(10(2)3)21(33)34/h10-13,16-17H,5-9,24H2,1-4H3,(H2,22,28)(H2,23,29)(H,25,30)(H,26,32)(H,27,31)(H,33,34). The van der Waals surface area contributed by atoms with Gasteiger partial charge >= 0.3 is 5.97 Å². The van der Waals surface area contributed by atoms with E-state index in [0.717, 1.165) is 0 Å². The molecule has 0 fully saturated rings. The molecule has 0 heterocycles. The van der Waals surface area contributed by atoms with Crippen LogP contribution in [0.4, 0.5) is 0 Å². The fraction of sp³-hybridized carbons (Fsp3) is 0.714. The molecule has 10 N–H and O–H groups in total. The molecule has 0 aromatic heterocycles. The summed E-state index contributed by atoms with van der Waals surface area (Å²) in [5.41, 5.74) is 16.2. The van der Waals surface area contributed by atoms with Crippen molar-refractivity contribution in [1.29, 1.82) is 0 Å². The Balaban J connectivity index is 5.66. The minimum Gasteiger partial charge on any atom is -0.480 e. The van der Waals surface area contributed by atoms with Crippen molar-refractivity contribution < 1.29 is 33.9 Å². The van der Waals surface area contributed by atoms with Crippen LogP contribution >= 0.6 is 0 Å². The molecular weight excluding hydrogens is 448 g/mol. The molecule has 0 aliphatic carbocycles. The number of carboxylic acid groups (broad SMARTS) is 1. The normalized spacial score (nSPS) is 15.4. The third kappa shape index (κ3) is 11.1. The predicted molar refractivity (Wildman–Crippen MR) is 123 cm³/mol. The lowest BCUT2D eigenvalue weighted by molar-refractivity contribution is -0.143. The van der Waals surface area contributed by atoms with Crippen LogP contribution in [0, 0.1) is 11.8 Å². The molecule has 13 nitrogen and oxygen atoms in total. The van der Waals surface area contributed by atoms with Crippen LogP contribution < -0.4 is 33.2 Å². The van der Waals surface area contributed by atoms with Gasteiger partial charge in [-0.15, -0.1) is 0 Å². The van der Waals surface area contributed by atoms with Crippen LogP contribution in [0.1, 0.15) is 59.8 Å². The van der Waals surface area contributed by atoms with Crippen molar-refractivity contribution in [2.24, 2.45) is 29.0 Å². The monoisotopic (exact) mass is 486 g/mol. The number of carboxylic acids is 1. The van der Waals surface area contributed by atoms with E-state index < -0.39 is 65.6 Å². The molecule has 0 rings (SSSR count). The first-order valence-electron chi connectivity index (χ1n) is 11.2. The maximum atomic E-state index is 12.9. The molecule has 5 atom stereocenters. The largest absolute Gasteiger partial charge is 0.480 e. The number of rotatable bonds is 16. The minimum atomic E-state index is -1.32. The van der Waals surface area contributed by atoms with Crippen LogP contribution in [0.15, 0.2) is 0 Å².